The van der Waals surface area contributed by atoms with Crippen LogP contribution in [-0.4, -0.2) is 31.7 Å². The Morgan fingerprint density at radius 1 is 1.62 bits per heavy atom. The van der Waals surface area contributed by atoms with Crippen LogP contribution in [-0.2, 0) is 9.47 Å². The van der Waals surface area contributed by atoms with Crippen LogP contribution >= 0.6 is 0 Å². The highest BCUT2D eigenvalue weighted by molar-refractivity contribution is 4.40. The lowest BCUT2D eigenvalue weighted by atomic mass is 10.4. The fourth-order valence-electron chi connectivity index (χ4n) is 0.237. The zero-order valence-corrected chi connectivity index (χ0v) is 5.26. The molecule has 0 radical (unpaired) electrons. The molecule has 3 heteroatoms. The lowest BCUT2D eigenvalue weighted by molar-refractivity contribution is -0.0798. The normalized spacial score (nSPS) is 13.9. The topological polar surface area (TPSA) is 38.7 Å². The van der Waals surface area contributed by atoms with Crippen molar-refractivity contribution in [2.45, 2.75) is 13.0 Å². The summed E-state index contributed by atoms with van der Waals surface area (Å²) in [5.74, 6) is 0. The maximum absolute atomic E-state index is 8.38. The first-order chi connectivity index (χ1) is 3.81. The molecule has 0 bridgehead atoms. The van der Waals surface area contributed by atoms with Crippen LogP contribution in [0, 0.1) is 0 Å². The molecule has 0 fully saturated rings. The number of hydrogen-bond acceptors (Lipinski definition) is 3. The molecule has 0 aliphatic rings. The van der Waals surface area contributed by atoms with Crippen molar-refractivity contribution in [1.82, 2.24) is 0 Å². The van der Waals surface area contributed by atoms with Crippen LogP contribution in [0.25, 0.3) is 0 Å². The molecule has 0 spiro atoms. The lowest BCUT2D eigenvalue weighted by Gasteiger charge is -2.06. The van der Waals surface area contributed by atoms with Crippen LogP contribution < -0.4 is 0 Å². The second-order valence-electron chi connectivity index (χ2n) is 1.57. The van der Waals surface area contributed by atoms with E-state index in [1.807, 2.05) is 0 Å². The molecule has 0 aromatic heterocycles. The van der Waals surface area contributed by atoms with Crippen molar-refractivity contribution < 1.29 is 14.6 Å². The Balaban J connectivity index is 2.86. The molecule has 1 atom stereocenters. The van der Waals surface area contributed by atoms with E-state index >= 15 is 0 Å². The van der Waals surface area contributed by atoms with Gasteiger partial charge in [-0.15, -0.1) is 0 Å². The molecule has 0 aromatic carbocycles. The first kappa shape index (κ1) is 7.88. The number of rotatable bonds is 4. The van der Waals surface area contributed by atoms with E-state index in [4.69, 9.17) is 9.84 Å². The third-order valence-corrected chi connectivity index (χ3v) is 0.728. The van der Waals surface area contributed by atoms with Crippen LogP contribution in [0.4, 0.5) is 0 Å². The number of ether oxygens (including phenoxy) is 2. The number of aliphatic hydroxyl groups excluding tert-OH is 1. The van der Waals surface area contributed by atoms with Gasteiger partial charge < -0.3 is 14.6 Å². The molecule has 50 valence electrons. The predicted octanol–water partition coefficient (Wildman–Crippen LogP) is -0.0123. The second-order valence-corrected chi connectivity index (χ2v) is 1.57. The highest BCUT2D eigenvalue weighted by atomic mass is 16.7. The van der Waals surface area contributed by atoms with E-state index in [-0.39, 0.29) is 19.5 Å². The molecule has 0 saturated heterocycles. The molecular weight excluding hydrogens is 108 g/mol. The third kappa shape index (κ3) is 4.05. The molecule has 0 unspecified atom stereocenters. The van der Waals surface area contributed by atoms with Gasteiger partial charge in [0.1, 0.15) is 6.79 Å². The highest BCUT2D eigenvalue weighted by Crippen LogP contribution is 1.86. The van der Waals surface area contributed by atoms with Gasteiger partial charge in [-0.3, -0.25) is 0 Å². The summed E-state index contributed by atoms with van der Waals surface area (Å²) in [6.07, 6.45) is -0.116. The van der Waals surface area contributed by atoms with E-state index in [2.05, 4.69) is 4.74 Å². The first-order valence-corrected chi connectivity index (χ1v) is 2.52. The predicted molar refractivity (Wildman–Crippen MR) is 29.5 cm³/mol. The molecule has 0 amide bonds. The zero-order valence-electron chi connectivity index (χ0n) is 5.26. The summed E-state index contributed by atoms with van der Waals surface area (Å²) in [5, 5.41) is 8.38. The van der Waals surface area contributed by atoms with Gasteiger partial charge in [-0.1, -0.05) is 0 Å². The molecule has 0 saturated carbocycles. The van der Waals surface area contributed by atoms with Gasteiger partial charge in [0.05, 0.1) is 12.7 Å². The Morgan fingerprint density at radius 2 is 2.25 bits per heavy atom. The van der Waals surface area contributed by atoms with Crippen molar-refractivity contribution in [3.8, 4) is 0 Å². The van der Waals surface area contributed by atoms with Crippen molar-refractivity contribution >= 4 is 0 Å². The van der Waals surface area contributed by atoms with Crippen molar-refractivity contribution in [2.24, 2.45) is 0 Å². The minimum Gasteiger partial charge on any atom is -0.394 e. The first-order valence-electron chi connectivity index (χ1n) is 2.52. The summed E-state index contributed by atoms with van der Waals surface area (Å²) in [7, 11) is 1.55. The van der Waals surface area contributed by atoms with Crippen molar-refractivity contribution in [3.63, 3.8) is 0 Å². The van der Waals surface area contributed by atoms with Gasteiger partial charge >= 0.3 is 0 Å². The standard InChI is InChI=1S/C5H12O3/c1-5(3-6)8-4-7-2/h5-6H,3-4H2,1-2H3/t5-/m0/s1. The van der Waals surface area contributed by atoms with Crippen molar-refractivity contribution in [2.75, 3.05) is 20.5 Å². The smallest absolute Gasteiger partial charge is 0.146 e. The van der Waals surface area contributed by atoms with Gasteiger partial charge in [-0.25, -0.2) is 0 Å². The summed E-state index contributed by atoms with van der Waals surface area (Å²) in [6.45, 7) is 2.07. The van der Waals surface area contributed by atoms with Crippen LogP contribution in [0.5, 0.6) is 0 Å². The molecule has 0 rings (SSSR count). The molecule has 0 aromatic rings. The molecule has 0 aliphatic carbocycles. The summed E-state index contributed by atoms with van der Waals surface area (Å²) in [6, 6.07) is 0. The fraction of sp³-hybridized carbons (Fsp3) is 1.00. The second kappa shape index (κ2) is 5.03. The third-order valence-electron chi connectivity index (χ3n) is 0.728. The van der Waals surface area contributed by atoms with E-state index in [1.54, 1.807) is 14.0 Å². The van der Waals surface area contributed by atoms with E-state index in [0.717, 1.165) is 0 Å². The average Bonchev–Trinajstić information content (AvgIpc) is 1.83. The van der Waals surface area contributed by atoms with Crippen LogP contribution in [0.1, 0.15) is 6.92 Å². The van der Waals surface area contributed by atoms with E-state index in [0.29, 0.717) is 0 Å². The largest absolute Gasteiger partial charge is 0.394 e. The number of hydrogen-bond donors (Lipinski definition) is 1. The molecule has 1 N–H and O–H groups in total. The molecule has 3 nitrogen and oxygen atoms in total. The molecular formula is C5H12O3. The summed E-state index contributed by atoms with van der Waals surface area (Å²) < 4.78 is 9.45. The van der Waals surface area contributed by atoms with Gasteiger partial charge in [0.2, 0.25) is 0 Å². The Kier molecular flexibility index (Phi) is 4.95. The molecule has 0 heterocycles. The van der Waals surface area contributed by atoms with Crippen LogP contribution in [0.3, 0.4) is 0 Å². The Morgan fingerprint density at radius 3 is 2.62 bits per heavy atom. The summed E-state index contributed by atoms with van der Waals surface area (Å²) >= 11 is 0. The molecule has 8 heavy (non-hydrogen) atoms. The quantitative estimate of drug-likeness (QED) is 0.530. The van der Waals surface area contributed by atoms with E-state index in [1.165, 1.54) is 0 Å². The fourth-order valence-corrected chi connectivity index (χ4v) is 0.237. The Bertz CT molecular complexity index is 46.9. The van der Waals surface area contributed by atoms with Crippen molar-refractivity contribution in [3.05, 3.63) is 0 Å². The monoisotopic (exact) mass is 120 g/mol. The van der Waals surface area contributed by atoms with Gasteiger partial charge in [-0.2, -0.15) is 0 Å². The Labute approximate surface area is 49.2 Å². The van der Waals surface area contributed by atoms with Crippen LogP contribution in [0.15, 0.2) is 0 Å². The SMILES string of the molecule is COCO[C@@H](C)CO. The highest BCUT2D eigenvalue weighted by Gasteiger charge is 1.95. The minimum absolute atomic E-state index is 0.0450. The number of methoxy groups -OCH3 is 1. The minimum atomic E-state index is -0.116. The summed E-state index contributed by atoms with van der Waals surface area (Å²) in [5.41, 5.74) is 0. The van der Waals surface area contributed by atoms with E-state index < -0.39 is 0 Å². The molecule has 0 aliphatic heterocycles. The maximum atomic E-state index is 8.38. The van der Waals surface area contributed by atoms with E-state index in [9.17, 15) is 0 Å². The van der Waals surface area contributed by atoms with Gasteiger partial charge in [0.15, 0.2) is 0 Å². The summed E-state index contributed by atoms with van der Waals surface area (Å²) in [4.78, 5) is 0. The van der Waals surface area contributed by atoms with Gasteiger partial charge in [0, 0.05) is 7.11 Å². The number of aliphatic hydroxyl groups is 1. The lowest BCUT2D eigenvalue weighted by Crippen LogP contribution is -2.14. The maximum Gasteiger partial charge on any atom is 0.146 e. The van der Waals surface area contributed by atoms with Gasteiger partial charge in [0.25, 0.3) is 0 Å². The zero-order chi connectivity index (χ0) is 6.41. The van der Waals surface area contributed by atoms with Crippen molar-refractivity contribution in [1.29, 1.82) is 0 Å². The van der Waals surface area contributed by atoms with Gasteiger partial charge in [-0.05, 0) is 6.92 Å². The average molecular weight is 120 g/mol. The Hall–Kier alpha value is -0.120. The van der Waals surface area contributed by atoms with Crippen LogP contribution in [0.2, 0.25) is 0 Å².